The van der Waals surface area contributed by atoms with E-state index >= 15 is 0 Å². The summed E-state index contributed by atoms with van der Waals surface area (Å²) in [4.78, 5) is 0. The van der Waals surface area contributed by atoms with Crippen molar-refractivity contribution in [2.24, 2.45) is 0 Å². The lowest BCUT2D eigenvalue weighted by Gasteiger charge is -2.21. The molecule has 0 saturated heterocycles. The van der Waals surface area contributed by atoms with Gasteiger partial charge >= 0.3 is 0 Å². The SMILES string of the molecule is C[Si](C)(C)O/C(=C\OC/C=C/c1ccccc1)c1ccccc1. The van der Waals surface area contributed by atoms with Crippen LogP contribution in [-0.4, -0.2) is 14.9 Å². The van der Waals surface area contributed by atoms with Gasteiger partial charge in [-0.3, -0.25) is 0 Å². The third-order valence-electron chi connectivity index (χ3n) is 2.97. The highest BCUT2D eigenvalue weighted by Gasteiger charge is 2.18. The molecule has 0 aliphatic carbocycles. The molecule has 0 atom stereocenters. The monoisotopic (exact) mass is 324 g/mol. The maximum Gasteiger partial charge on any atom is 0.242 e. The van der Waals surface area contributed by atoms with Gasteiger partial charge in [-0.2, -0.15) is 0 Å². The highest BCUT2D eigenvalue weighted by atomic mass is 28.4. The molecule has 23 heavy (non-hydrogen) atoms. The molecule has 0 unspecified atom stereocenters. The topological polar surface area (TPSA) is 18.5 Å². The van der Waals surface area contributed by atoms with Gasteiger partial charge in [0.05, 0.1) is 0 Å². The average molecular weight is 324 g/mol. The molecule has 2 aromatic carbocycles. The average Bonchev–Trinajstić information content (AvgIpc) is 2.54. The van der Waals surface area contributed by atoms with Gasteiger partial charge in [0.15, 0.2) is 0 Å². The van der Waals surface area contributed by atoms with Crippen LogP contribution in [0.4, 0.5) is 0 Å². The van der Waals surface area contributed by atoms with Gasteiger partial charge in [0, 0.05) is 5.56 Å². The molecule has 0 fully saturated rings. The second-order valence-electron chi connectivity index (χ2n) is 6.21. The standard InChI is InChI=1S/C20H24O2Si/c1-23(2,3)22-20(19-14-8-5-9-15-19)17-21-16-10-13-18-11-6-4-7-12-18/h4-15,17H,16H2,1-3H3/b13-10+,20-17-. The lowest BCUT2D eigenvalue weighted by molar-refractivity contribution is 0.283. The van der Waals surface area contributed by atoms with Crippen molar-refractivity contribution in [2.75, 3.05) is 6.61 Å². The first-order valence-electron chi connectivity index (χ1n) is 7.82. The van der Waals surface area contributed by atoms with Gasteiger partial charge < -0.3 is 9.16 Å². The molecule has 0 heterocycles. The Hall–Kier alpha value is -2.26. The van der Waals surface area contributed by atoms with Crippen molar-refractivity contribution >= 4 is 20.2 Å². The second kappa shape index (κ2) is 8.39. The fourth-order valence-corrected chi connectivity index (χ4v) is 2.84. The van der Waals surface area contributed by atoms with Crippen molar-refractivity contribution in [1.29, 1.82) is 0 Å². The van der Waals surface area contributed by atoms with Gasteiger partial charge in [0.25, 0.3) is 0 Å². The molecule has 0 aliphatic heterocycles. The van der Waals surface area contributed by atoms with E-state index in [2.05, 4.69) is 37.8 Å². The van der Waals surface area contributed by atoms with Crippen molar-refractivity contribution in [2.45, 2.75) is 19.6 Å². The van der Waals surface area contributed by atoms with Crippen LogP contribution in [0.3, 0.4) is 0 Å². The molecule has 120 valence electrons. The Labute approximate surface area is 140 Å². The third-order valence-corrected chi connectivity index (χ3v) is 3.80. The summed E-state index contributed by atoms with van der Waals surface area (Å²) in [5.41, 5.74) is 2.21. The van der Waals surface area contributed by atoms with Crippen molar-refractivity contribution in [3.05, 3.63) is 84.1 Å². The van der Waals surface area contributed by atoms with Crippen molar-refractivity contribution in [3.8, 4) is 0 Å². The number of ether oxygens (including phenoxy) is 1. The summed E-state index contributed by atoms with van der Waals surface area (Å²) < 4.78 is 11.8. The molecule has 0 bridgehead atoms. The molecule has 2 rings (SSSR count). The van der Waals surface area contributed by atoms with Crippen LogP contribution in [0.15, 0.2) is 73.0 Å². The van der Waals surface area contributed by atoms with Gasteiger partial charge in [0.2, 0.25) is 8.32 Å². The molecule has 0 amide bonds. The zero-order valence-corrected chi connectivity index (χ0v) is 15.0. The van der Waals surface area contributed by atoms with E-state index in [0.29, 0.717) is 6.61 Å². The number of rotatable bonds is 7. The molecular weight excluding hydrogens is 300 g/mol. The Morgan fingerprint density at radius 1 is 0.913 bits per heavy atom. The number of hydrogen-bond donors (Lipinski definition) is 0. The minimum Gasteiger partial charge on any atom is -0.542 e. The highest BCUT2D eigenvalue weighted by molar-refractivity contribution is 6.70. The summed E-state index contributed by atoms with van der Waals surface area (Å²) in [6.07, 6.45) is 5.78. The van der Waals surface area contributed by atoms with Crippen LogP contribution in [0.1, 0.15) is 11.1 Å². The molecule has 3 heteroatoms. The second-order valence-corrected chi connectivity index (χ2v) is 10.6. The maximum atomic E-state index is 6.14. The summed E-state index contributed by atoms with van der Waals surface area (Å²) in [7, 11) is -1.69. The predicted octanol–water partition coefficient (Wildman–Crippen LogP) is 5.57. The van der Waals surface area contributed by atoms with E-state index < -0.39 is 8.32 Å². The van der Waals surface area contributed by atoms with Crippen LogP contribution >= 0.6 is 0 Å². The van der Waals surface area contributed by atoms with Crippen LogP contribution in [0.5, 0.6) is 0 Å². The van der Waals surface area contributed by atoms with Crippen LogP contribution in [0.2, 0.25) is 19.6 Å². The zero-order chi connectivity index (χ0) is 16.5. The van der Waals surface area contributed by atoms with E-state index in [1.165, 1.54) is 5.56 Å². The van der Waals surface area contributed by atoms with E-state index in [9.17, 15) is 0 Å². The van der Waals surface area contributed by atoms with Gasteiger partial charge in [-0.15, -0.1) is 0 Å². The van der Waals surface area contributed by atoms with Gasteiger partial charge in [-0.1, -0.05) is 66.7 Å². The fraction of sp³-hybridized carbons (Fsp3) is 0.200. The van der Waals surface area contributed by atoms with Gasteiger partial charge in [-0.25, -0.2) is 0 Å². The quantitative estimate of drug-likeness (QED) is 0.377. The minimum atomic E-state index is -1.69. The molecule has 0 N–H and O–H groups in total. The van der Waals surface area contributed by atoms with E-state index in [1.807, 2.05) is 54.6 Å². The van der Waals surface area contributed by atoms with Gasteiger partial charge in [0.1, 0.15) is 18.6 Å². The summed E-state index contributed by atoms with van der Waals surface area (Å²) in [5, 5.41) is 0. The maximum absolute atomic E-state index is 6.14. The molecule has 0 spiro atoms. The Morgan fingerprint density at radius 2 is 1.52 bits per heavy atom. The summed E-state index contributed by atoms with van der Waals surface area (Å²) in [6, 6.07) is 20.3. The van der Waals surface area contributed by atoms with E-state index in [-0.39, 0.29) is 0 Å². The summed E-state index contributed by atoms with van der Waals surface area (Å²) in [6.45, 7) is 7.01. The van der Waals surface area contributed by atoms with Crippen LogP contribution in [0.25, 0.3) is 11.8 Å². The smallest absolute Gasteiger partial charge is 0.242 e. The van der Waals surface area contributed by atoms with E-state index in [0.717, 1.165) is 11.3 Å². The summed E-state index contributed by atoms with van der Waals surface area (Å²) >= 11 is 0. The third kappa shape index (κ3) is 6.57. The van der Waals surface area contributed by atoms with E-state index in [1.54, 1.807) is 6.26 Å². The lowest BCUT2D eigenvalue weighted by Crippen LogP contribution is -2.24. The largest absolute Gasteiger partial charge is 0.542 e. The summed E-state index contributed by atoms with van der Waals surface area (Å²) in [5.74, 6) is 0.804. The minimum absolute atomic E-state index is 0.514. The first-order chi connectivity index (χ1) is 11.0. The molecule has 0 saturated carbocycles. The Morgan fingerprint density at radius 3 is 2.13 bits per heavy atom. The Kier molecular flexibility index (Phi) is 6.24. The van der Waals surface area contributed by atoms with Crippen molar-refractivity contribution in [1.82, 2.24) is 0 Å². The normalized spacial score (nSPS) is 12.4. The van der Waals surface area contributed by atoms with Gasteiger partial charge in [-0.05, 0) is 31.3 Å². The van der Waals surface area contributed by atoms with Crippen molar-refractivity contribution in [3.63, 3.8) is 0 Å². The number of hydrogen-bond acceptors (Lipinski definition) is 2. The Balaban J connectivity index is 1.99. The van der Waals surface area contributed by atoms with E-state index in [4.69, 9.17) is 9.16 Å². The molecular formula is C20H24O2Si. The molecule has 0 aliphatic rings. The molecule has 2 aromatic rings. The van der Waals surface area contributed by atoms with Crippen molar-refractivity contribution < 1.29 is 9.16 Å². The first kappa shape index (κ1) is 17.1. The highest BCUT2D eigenvalue weighted by Crippen LogP contribution is 2.21. The first-order valence-corrected chi connectivity index (χ1v) is 11.2. The number of benzene rings is 2. The van der Waals surface area contributed by atoms with Crippen LogP contribution in [0, 0.1) is 0 Å². The predicted molar refractivity (Wildman–Crippen MR) is 100 cm³/mol. The van der Waals surface area contributed by atoms with Crippen LogP contribution in [-0.2, 0) is 9.16 Å². The molecule has 0 aromatic heterocycles. The molecule has 0 radical (unpaired) electrons. The van der Waals surface area contributed by atoms with Crippen LogP contribution < -0.4 is 0 Å². The Bertz CT molecular complexity index is 640. The molecule has 2 nitrogen and oxygen atoms in total. The zero-order valence-electron chi connectivity index (χ0n) is 14.0. The fourth-order valence-electron chi connectivity index (χ4n) is 2.01. The lowest BCUT2D eigenvalue weighted by atomic mass is 10.2.